The molecule has 31 heavy (non-hydrogen) atoms. The van der Waals surface area contributed by atoms with Gasteiger partial charge < -0.3 is 4.90 Å². The number of aromatic nitrogens is 1. The van der Waals surface area contributed by atoms with Crippen LogP contribution in [0.3, 0.4) is 0 Å². The molecule has 0 radical (unpaired) electrons. The van der Waals surface area contributed by atoms with E-state index in [9.17, 15) is 0 Å². The lowest BCUT2D eigenvalue weighted by Crippen LogP contribution is -2.25. The van der Waals surface area contributed by atoms with Crippen LogP contribution in [0.15, 0.2) is 60.9 Å². The Morgan fingerprint density at radius 1 is 0.645 bits per heavy atom. The van der Waals surface area contributed by atoms with E-state index in [0.717, 1.165) is 0 Å². The molecule has 0 saturated carbocycles. The zero-order valence-electron chi connectivity index (χ0n) is 19.6. The molecule has 3 heteroatoms. The van der Waals surface area contributed by atoms with E-state index in [-0.39, 0.29) is 0 Å². The van der Waals surface area contributed by atoms with E-state index >= 15 is 0 Å². The summed E-state index contributed by atoms with van der Waals surface area (Å²) in [6.07, 6.45) is 14.9. The van der Waals surface area contributed by atoms with E-state index in [1.54, 1.807) is 0 Å². The number of unbranched alkanes of at least 4 members (excludes halogenated alkanes) is 6. The topological polar surface area (TPSA) is 7.12 Å². The van der Waals surface area contributed by atoms with Crippen LogP contribution < -0.4 is 9.47 Å². The lowest BCUT2D eigenvalue weighted by Gasteiger charge is -2.25. The van der Waals surface area contributed by atoms with Crippen molar-refractivity contribution in [3.63, 3.8) is 0 Å². The van der Waals surface area contributed by atoms with Crippen molar-refractivity contribution in [3.8, 4) is 20.9 Å². The van der Waals surface area contributed by atoms with Crippen molar-refractivity contribution in [3.05, 3.63) is 60.9 Å². The highest BCUT2D eigenvalue weighted by atomic mass is 32.1. The van der Waals surface area contributed by atoms with Crippen LogP contribution in [0.5, 0.6) is 0 Å². The number of thiophene rings is 1. The molecule has 1 aromatic carbocycles. The van der Waals surface area contributed by atoms with Crippen molar-refractivity contribution in [2.45, 2.75) is 65.2 Å². The van der Waals surface area contributed by atoms with Crippen molar-refractivity contribution < 1.29 is 4.57 Å². The summed E-state index contributed by atoms with van der Waals surface area (Å²) in [5, 5.41) is 0. The third-order valence-corrected chi connectivity index (χ3v) is 7.13. The number of rotatable bonds is 13. The number of benzene rings is 1. The Hall–Kier alpha value is -2.13. The molecule has 166 valence electrons. The fourth-order valence-electron chi connectivity index (χ4n) is 3.95. The maximum absolute atomic E-state index is 2.59. The minimum Gasteiger partial charge on any atom is -0.372 e. The average Bonchev–Trinajstić information content (AvgIpc) is 3.29. The summed E-state index contributed by atoms with van der Waals surface area (Å²) in [6.45, 7) is 6.92. The Morgan fingerprint density at radius 3 is 1.84 bits per heavy atom. The van der Waals surface area contributed by atoms with E-state index in [0.29, 0.717) is 0 Å². The fourth-order valence-corrected chi connectivity index (χ4v) is 4.97. The van der Waals surface area contributed by atoms with Gasteiger partial charge in [0.15, 0.2) is 12.4 Å². The molecule has 2 nitrogen and oxygen atoms in total. The molecule has 2 heterocycles. The summed E-state index contributed by atoms with van der Waals surface area (Å²) in [5.74, 6) is 0. The molecule has 0 aliphatic rings. The van der Waals surface area contributed by atoms with E-state index in [4.69, 9.17) is 0 Å². The number of anilines is 1. The van der Waals surface area contributed by atoms with Crippen LogP contribution in [0.2, 0.25) is 0 Å². The summed E-state index contributed by atoms with van der Waals surface area (Å²) < 4.78 is 2.08. The maximum atomic E-state index is 2.59. The number of nitrogens with zero attached hydrogens (tertiary/aromatic N) is 2. The molecule has 0 aliphatic heterocycles. The van der Waals surface area contributed by atoms with Crippen molar-refractivity contribution in [1.82, 2.24) is 0 Å². The van der Waals surface area contributed by atoms with Crippen LogP contribution in [0.25, 0.3) is 20.9 Å². The zero-order chi connectivity index (χ0) is 21.9. The standard InChI is InChI=1S/C28H39N2S/c1-4-6-8-9-10-11-21-30(20-7-5-2)26-14-12-24(13-15-26)27-16-17-28(31-27)25-18-22-29(3)23-19-25/h12-19,22-23H,4-11,20-21H2,1-3H3/q+1. The number of hydrogen-bond donors (Lipinski definition) is 0. The predicted octanol–water partition coefficient (Wildman–Crippen LogP) is 7.87. The molecule has 0 amide bonds. The normalized spacial score (nSPS) is 11.1. The molecule has 3 rings (SSSR count). The highest BCUT2D eigenvalue weighted by molar-refractivity contribution is 7.18. The van der Waals surface area contributed by atoms with Gasteiger partial charge in [0.05, 0.1) is 0 Å². The molecule has 0 bridgehead atoms. The summed E-state index contributed by atoms with van der Waals surface area (Å²) in [4.78, 5) is 5.26. The van der Waals surface area contributed by atoms with Crippen LogP contribution in [-0.4, -0.2) is 13.1 Å². The van der Waals surface area contributed by atoms with Crippen LogP contribution >= 0.6 is 11.3 Å². The summed E-state index contributed by atoms with van der Waals surface area (Å²) in [6, 6.07) is 18.1. The third kappa shape index (κ3) is 7.21. The highest BCUT2D eigenvalue weighted by Gasteiger charge is 2.09. The third-order valence-electron chi connectivity index (χ3n) is 5.95. The van der Waals surface area contributed by atoms with Crippen LogP contribution in [-0.2, 0) is 7.05 Å². The van der Waals surface area contributed by atoms with E-state index < -0.39 is 0 Å². The summed E-state index contributed by atoms with van der Waals surface area (Å²) in [5.41, 5.74) is 3.98. The fraction of sp³-hybridized carbons (Fsp3) is 0.464. The second-order valence-electron chi connectivity index (χ2n) is 8.57. The van der Waals surface area contributed by atoms with Gasteiger partial charge in [0, 0.05) is 46.2 Å². The first kappa shape index (κ1) is 23.5. The SMILES string of the molecule is CCCCCCCCN(CCCC)c1ccc(-c2ccc(-c3cc[n+](C)cc3)s2)cc1. The van der Waals surface area contributed by atoms with Gasteiger partial charge in [-0.15, -0.1) is 11.3 Å². The Kier molecular flexibility index (Phi) is 9.61. The largest absolute Gasteiger partial charge is 0.372 e. The molecular formula is C28H39N2S+. The van der Waals surface area contributed by atoms with Gasteiger partial charge in [0.1, 0.15) is 7.05 Å². The smallest absolute Gasteiger partial charge is 0.169 e. The minimum absolute atomic E-state index is 1.17. The number of aryl methyl sites for hydroxylation is 1. The van der Waals surface area contributed by atoms with Crippen LogP contribution in [0.4, 0.5) is 5.69 Å². The van der Waals surface area contributed by atoms with Gasteiger partial charge in [-0.3, -0.25) is 0 Å². The first-order valence-corrected chi connectivity index (χ1v) is 12.9. The van der Waals surface area contributed by atoms with Crippen LogP contribution in [0, 0.1) is 0 Å². The van der Waals surface area contributed by atoms with Gasteiger partial charge in [0.2, 0.25) is 0 Å². The van der Waals surface area contributed by atoms with E-state index in [1.807, 2.05) is 11.3 Å². The maximum Gasteiger partial charge on any atom is 0.169 e. The van der Waals surface area contributed by atoms with Gasteiger partial charge >= 0.3 is 0 Å². The summed E-state index contributed by atoms with van der Waals surface area (Å²) >= 11 is 1.87. The zero-order valence-corrected chi connectivity index (χ0v) is 20.5. The first-order valence-electron chi connectivity index (χ1n) is 12.1. The van der Waals surface area contributed by atoms with Crippen molar-refractivity contribution in [2.24, 2.45) is 7.05 Å². The van der Waals surface area contributed by atoms with Gasteiger partial charge in [-0.1, -0.05) is 64.5 Å². The Bertz CT molecular complexity index is 880. The Morgan fingerprint density at radius 2 is 1.19 bits per heavy atom. The number of pyridine rings is 1. The molecule has 0 atom stereocenters. The first-order chi connectivity index (χ1) is 15.2. The Balaban J connectivity index is 1.63. The molecule has 0 saturated heterocycles. The Labute approximate surface area is 193 Å². The van der Waals surface area contributed by atoms with E-state index in [1.165, 1.54) is 91.0 Å². The van der Waals surface area contributed by atoms with Gasteiger partial charge in [-0.2, -0.15) is 0 Å². The molecule has 0 fully saturated rings. The monoisotopic (exact) mass is 435 g/mol. The average molecular weight is 436 g/mol. The molecule has 0 N–H and O–H groups in total. The van der Waals surface area contributed by atoms with Crippen molar-refractivity contribution in [1.29, 1.82) is 0 Å². The van der Waals surface area contributed by atoms with Gasteiger partial charge in [0.25, 0.3) is 0 Å². The van der Waals surface area contributed by atoms with Crippen molar-refractivity contribution >= 4 is 17.0 Å². The quantitative estimate of drug-likeness (QED) is 0.196. The molecule has 2 aromatic heterocycles. The summed E-state index contributed by atoms with van der Waals surface area (Å²) in [7, 11) is 2.06. The lowest BCUT2D eigenvalue weighted by molar-refractivity contribution is -0.671. The molecule has 0 aliphatic carbocycles. The highest BCUT2D eigenvalue weighted by Crippen LogP contribution is 2.34. The van der Waals surface area contributed by atoms with Crippen LogP contribution in [0.1, 0.15) is 65.2 Å². The van der Waals surface area contributed by atoms with E-state index in [2.05, 4.69) is 91.3 Å². The molecule has 0 unspecified atom stereocenters. The second-order valence-corrected chi connectivity index (χ2v) is 9.66. The molecule has 3 aromatic rings. The lowest BCUT2D eigenvalue weighted by atomic mass is 10.1. The second kappa shape index (κ2) is 12.7. The van der Waals surface area contributed by atoms with Gasteiger partial charge in [-0.05, 0) is 42.7 Å². The van der Waals surface area contributed by atoms with Crippen molar-refractivity contribution in [2.75, 3.05) is 18.0 Å². The minimum atomic E-state index is 1.17. The predicted molar refractivity (Wildman–Crippen MR) is 137 cm³/mol. The molecular weight excluding hydrogens is 396 g/mol. The molecule has 0 spiro atoms. The number of hydrogen-bond acceptors (Lipinski definition) is 2. The van der Waals surface area contributed by atoms with Gasteiger partial charge in [-0.25, -0.2) is 4.57 Å².